The molecule has 3 nitrogen and oxygen atoms in total. The van der Waals surface area contributed by atoms with Crippen LogP contribution in [-0.4, -0.2) is 54.3 Å². The van der Waals surface area contributed by atoms with Gasteiger partial charge in [-0.05, 0) is 0 Å². The lowest BCUT2D eigenvalue weighted by molar-refractivity contribution is -0.468. The molecule has 0 unspecified atom stereocenters. The van der Waals surface area contributed by atoms with Crippen LogP contribution in [0.1, 0.15) is 0 Å². The molecule has 2 N–H and O–H groups in total. The lowest BCUT2D eigenvalue weighted by atomic mass is 10.2. The second-order valence-electron chi connectivity index (χ2n) is 3.42. The Kier molecular flexibility index (Phi) is 5.65. The Bertz CT molecular complexity index is 298. The van der Waals surface area contributed by atoms with Gasteiger partial charge in [0.15, 0.2) is 0 Å². The van der Waals surface area contributed by atoms with Gasteiger partial charge >= 0.3 is 24.6 Å². The van der Waals surface area contributed by atoms with E-state index in [0.717, 1.165) is 0 Å². The highest BCUT2D eigenvalue weighted by molar-refractivity contribution is 4.89. The molecule has 0 aromatic rings. The molecule has 0 aliphatic carbocycles. The number of nitrogens with zero attached hydrogens (tertiary/aromatic N) is 1. The minimum atomic E-state index is -6.76. The summed E-state index contributed by atoms with van der Waals surface area (Å²) >= 11 is 0. The van der Waals surface area contributed by atoms with Gasteiger partial charge in [-0.2, -0.15) is 43.9 Å². The monoisotopic (exact) mass is 326 g/mol. The average Bonchev–Trinajstić information content (AvgIpc) is 2.11. The van der Waals surface area contributed by atoms with Crippen molar-refractivity contribution in [2.24, 2.45) is 0 Å². The number of halogens is 10. The summed E-state index contributed by atoms with van der Waals surface area (Å²) in [6, 6.07) is -6.56. The van der Waals surface area contributed by atoms with Gasteiger partial charge in [-0.25, -0.2) is 0 Å². The first kappa shape index (κ1) is 19.2. The van der Waals surface area contributed by atoms with E-state index in [1.54, 1.807) is 0 Å². The van der Waals surface area contributed by atoms with Crippen LogP contribution in [0.15, 0.2) is 0 Å². The number of aliphatic hydroxyl groups is 1. The first-order valence-corrected chi connectivity index (χ1v) is 4.69. The Morgan fingerprint density at radius 3 is 1.50 bits per heavy atom. The standard InChI is InChI=1S/C7H8F10N2O/c8-4(9,3-18-1-2-20)5(10,11)19(6(12,13)14)7(15,16)17/h18,20H,1-3H2. The van der Waals surface area contributed by atoms with E-state index in [9.17, 15) is 43.9 Å². The smallest absolute Gasteiger partial charge is 0.395 e. The molecule has 0 spiro atoms. The van der Waals surface area contributed by atoms with Crippen molar-refractivity contribution in [2.75, 3.05) is 19.7 Å². The third-order valence-corrected chi connectivity index (χ3v) is 1.86. The number of rotatable bonds is 6. The minimum absolute atomic E-state index is 0.719. The van der Waals surface area contributed by atoms with Crippen LogP contribution < -0.4 is 5.32 Å². The molecule has 0 aromatic carbocycles. The highest BCUT2D eigenvalue weighted by Gasteiger charge is 2.74. The van der Waals surface area contributed by atoms with Gasteiger partial charge in [0, 0.05) is 6.54 Å². The van der Waals surface area contributed by atoms with Crippen molar-refractivity contribution < 1.29 is 49.0 Å². The molecule has 0 fully saturated rings. The zero-order valence-electron chi connectivity index (χ0n) is 9.30. The average molecular weight is 326 g/mol. The van der Waals surface area contributed by atoms with Crippen molar-refractivity contribution in [1.82, 2.24) is 10.2 Å². The molecule has 20 heavy (non-hydrogen) atoms. The summed E-state index contributed by atoms with van der Waals surface area (Å²) in [5.41, 5.74) is 0. The molecular weight excluding hydrogens is 318 g/mol. The van der Waals surface area contributed by atoms with Crippen molar-refractivity contribution in [2.45, 2.75) is 24.6 Å². The predicted octanol–water partition coefficient (Wildman–Crippen LogP) is 2.14. The third kappa shape index (κ3) is 4.34. The number of hydrogen-bond acceptors (Lipinski definition) is 3. The quantitative estimate of drug-likeness (QED) is 0.446. The normalized spacial score (nSPS) is 15.0. The second kappa shape index (κ2) is 5.89. The molecule has 0 heterocycles. The molecule has 0 aliphatic heterocycles. The van der Waals surface area contributed by atoms with E-state index < -0.39 is 49.2 Å². The summed E-state index contributed by atoms with van der Waals surface area (Å²) in [5, 5.41) is 9.57. The first-order chi connectivity index (χ1) is 8.68. The fourth-order valence-electron chi connectivity index (χ4n) is 1.06. The van der Waals surface area contributed by atoms with E-state index in [2.05, 4.69) is 0 Å². The van der Waals surface area contributed by atoms with Crippen molar-refractivity contribution in [1.29, 1.82) is 0 Å². The summed E-state index contributed by atoms with van der Waals surface area (Å²) in [4.78, 5) is -3.46. The molecular formula is C7H8F10N2O. The lowest BCUT2D eigenvalue weighted by Crippen LogP contribution is -2.66. The van der Waals surface area contributed by atoms with Crippen molar-refractivity contribution in [3.63, 3.8) is 0 Å². The Hall–Kier alpha value is -0.820. The highest BCUT2D eigenvalue weighted by atomic mass is 19.4. The van der Waals surface area contributed by atoms with Crippen LogP contribution in [0.4, 0.5) is 43.9 Å². The van der Waals surface area contributed by atoms with E-state index in [0.29, 0.717) is 0 Å². The van der Waals surface area contributed by atoms with E-state index in [1.165, 1.54) is 5.32 Å². The Morgan fingerprint density at radius 2 is 1.20 bits per heavy atom. The summed E-state index contributed by atoms with van der Waals surface area (Å²) < 4.78 is 123. The van der Waals surface area contributed by atoms with Crippen molar-refractivity contribution in [3.8, 4) is 0 Å². The van der Waals surface area contributed by atoms with Crippen LogP contribution in [-0.2, 0) is 0 Å². The zero-order valence-corrected chi connectivity index (χ0v) is 9.30. The molecule has 0 saturated heterocycles. The van der Waals surface area contributed by atoms with Gasteiger partial charge in [-0.1, -0.05) is 4.90 Å². The van der Waals surface area contributed by atoms with Gasteiger partial charge in [0.1, 0.15) is 0 Å². The van der Waals surface area contributed by atoms with E-state index in [-0.39, 0.29) is 0 Å². The molecule has 0 bridgehead atoms. The lowest BCUT2D eigenvalue weighted by Gasteiger charge is -2.37. The molecule has 0 radical (unpaired) electrons. The molecule has 0 rings (SSSR count). The van der Waals surface area contributed by atoms with Gasteiger partial charge in [0.05, 0.1) is 13.2 Å². The molecule has 0 aliphatic rings. The first-order valence-electron chi connectivity index (χ1n) is 4.69. The Labute approximate surface area is 105 Å². The molecule has 0 atom stereocenters. The Morgan fingerprint density at radius 1 is 0.800 bits per heavy atom. The molecule has 13 heteroatoms. The van der Waals surface area contributed by atoms with Crippen LogP contribution in [0, 0.1) is 0 Å². The van der Waals surface area contributed by atoms with Gasteiger partial charge in [-0.3, -0.25) is 0 Å². The molecule has 0 saturated carbocycles. The van der Waals surface area contributed by atoms with Gasteiger partial charge < -0.3 is 10.4 Å². The maximum atomic E-state index is 12.9. The SMILES string of the molecule is OCCNCC(F)(F)C(F)(F)N(C(F)(F)F)C(F)(F)F. The van der Waals surface area contributed by atoms with Crippen LogP contribution in [0.5, 0.6) is 0 Å². The zero-order chi connectivity index (χ0) is 16.4. The van der Waals surface area contributed by atoms with Gasteiger partial charge in [0.2, 0.25) is 0 Å². The number of nitrogens with one attached hydrogen (secondary N) is 1. The van der Waals surface area contributed by atoms with Crippen LogP contribution in [0.2, 0.25) is 0 Å². The maximum Gasteiger partial charge on any atom is 0.472 e. The molecule has 0 amide bonds. The van der Waals surface area contributed by atoms with E-state index in [4.69, 9.17) is 5.11 Å². The summed E-state index contributed by atoms with van der Waals surface area (Å²) in [6.07, 6.45) is -13.5. The second-order valence-corrected chi connectivity index (χ2v) is 3.42. The molecule has 0 aromatic heterocycles. The summed E-state index contributed by atoms with van der Waals surface area (Å²) in [6.45, 7) is -3.74. The summed E-state index contributed by atoms with van der Waals surface area (Å²) in [5.74, 6) is -5.69. The Balaban J connectivity index is 5.42. The van der Waals surface area contributed by atoms with Crippen LogP contribution >= 0.6 is 0 Å². The topological polar surface area (TPSA) is 35.5 Å². The fraction of sp³-hybridized carbons (Fsp3) is 1.00. The van der Waals surface area contributed by atoms with Crippen molar-refractivity contribution in [3.05, 3.63) is 0 Å². The van der Waals surface area contributed by atoms with E-state index >= 15 is 0 Å². The van der Waals surface area contributed by atoms with Crippen LogP contribution in [0.3, 0.4) is 0 Å². The molecule has 122 valence electrons. The maximum absolute atomic E-state index is 12.9. The number of hydrogen-bond donors (Lipinski definition) is 2. The van der Waals surface area contributed by atoms with Crippen LogP contribution in [0.25, 0.3) is 0 Å². The summed E-state index contributed by atoms with van der Waals surface area (Å²) in [7, 11) is 0. The number of aliphatic hydroxyl groups excluding tert-OH is 1. The van der Waals surface area contributed by atoms with Gasteiger partial charge in [0.25, 0.3) is 0 Å². The fourth-order valence-corrected chi connectivity index (χ4v) is 1.06. The predicted molar refractivity (Wildman–Crippen MR) is 43.8 cm³/mol. The highest BCUT2D eigenvalue weighted by Crippen LogP contribution is 2.47. The van der Waals surface area contributed by atoms with E-state index in [1.807, 2.05) is 0 Å². The number of alkyl halides is 10. The minimum Gasteiger partial charge on any atom is -0.395 e. The van der Waals surface area contributed by atoms with Crippen molar-refractivity contribution >= 4 is 0 Å². The largest absolute Gasteiger partial charge is 0.472 e. The van der Waals surface area contributed by atoms with Gasteiger partial charge in [-0.15, -0.1) is 0 Å². The third-order valence-electron chi connectivity index (χ3n) is 1.86.